The highest BCUT2D eigenvalue weighted by Gasteiger charge is 2.10. The maximum absolute atomic E-state index is 9.74. The van der Waals surface area contributed by atoms with E-state index in [1.807, 2.05) is 13.1 Å². The largest absolute Gasteiger partial charge is 0.508 e. The van der Waals surface area contributed by atoms with Crippen molar-refractivity contribution < 1.29 is 10.2 Å². The van der Waals surface area contributed by atoms with Crippen molar-refractivity contribution in [2.24, 2.45) is 0 Å². The molecular formula is C13H18N4O2. The van der Waals surface area contributed by atoms with E-state index in [2.05, 4.69) is 15.6 Å². The lowest BCUT2D eigenvalue weighted by molar-refractivity contribution is 0.437. The van der Waals surface area contributed by atoms with Gasteiger partial charge in [0.2, 0.25) is 0 Å². The van der Waals surface area contributed by atoms with Gasteiger partial charge in [0, 0.05) is 24.3 Å². The van der Waals surface area contributed by atoms with Crippen molar-refractivity contribution in [3.8, 4) is 11.5 Å². The van der Waals surface area contributed by atoms with Gasteiger partial charge in [0.25, 0.3) is 0 Å². The van der Waals surface area contributed by atoms with Gasteiger partial charge in [-0.2, -0.15) is 0 Å². The van der Waals surface area contributed by atoms with E-state index in [1.165, 1.54) is 12.1 Å². The van der Waals surface area contributed by atoms with Crippen LogP contribution < -0.4 is 5.32 Å². The molecule has 3 N–H and O–H groups in total. The Labute approximate surface area is 111 Å². The zero-order chi connectivity index (χ0) is 13.7. The number of aromatic hydroxyl groups is 2. The minimum atomic E-state index is -0.0251. The molecule has 2 aromatic rings. The second kappa shape index (κ2) is 6.19. The fourth-order valence-corrected chi connectivity index (χ4v) is 1.91. The third-order valence-corrected chi connectivity index (χ3v) is 2.96. The minimum absolute atomic E-state index is 0.0251. The fraction of sp³-hybridized carbons (Fsp3) is 0.385. The van der Waals surface area contributed by atoms with E-state index in [0.29, 0.717) is 5.56 Å². The van der Waals surface area contributed by atoms with Gasteiger partial charge >= 0.3 is 0 Å². The number of nitrogens with zero attached hydrogens (tertiary/aromatic N) is 3. The zero-order valence-electron chi connectivity index (χ0n) is 10.8. The molecule has 1 heterocycles. The summed E-state index contributed by atoms with van der Waals surface area (Å²) in [5, 5.41) is 30.1. The highest BCUT2D eigenvalue weighted by atomic mass is 16.3. The van der Waals surface area contributed by atoms with Gasteiger partial charge in [0.1, 0.15) is 11.5 Å². The Morgan fingerprint density at radius 2 is 2.21 bits per heavy atom. The molecule has 0 bridgehead atoms. The van der Waals surface area contributed by atoms with E-state index in [9.17, 15) is 10.2 Å². The Kier molecular flexibility index (Phi) is 4.35. The number of aromatic nitrogens is 3. The number of aryl methyl sites for hydroxylation is 1. The van der Waals surface area contributed by atoms with E-state index < -0.39 is 0 Å². The highest BCUT2D eigenvalue weighted by molar-refractivity contribution is 5.40. The molecule has 19 heavy (non-hydrogen) atoms. The van der Waals surface area contributed by atoms with Crippen molar-refractivity contribution in [2.75, 3.05) is 6.54 Å². The predicted octanol–water partition coefficient (Wildman–Crippen LogP) is 1.43. The van der Waals surface area contributed by atoms with Crippen LogP contribution in [-0.2, 0) is 6.54 Å². The topological polar surface area (TPSA) is 83.2 Å². The Hall–Kier alpha value is -2.08. The van der Waals surface area contributed by atoms with Gasteiger partial charge in [-0.1, -0.05) is 5.21 Å². The van der Waals surface area contributed by atoms with E-state index in [4.69, 9.17) is 0 Å². The summed E-state index contributed by atoms with van der Waals surface area (Å²) >= 11 is 0. The molecule has 0 radical (unpaired) electrons. The fourth-order valence-electron chi connectivity index (χ4n) is 1.91. The third kappa shape index (κ3) is 3.69. The first-order chi connectivity index (χ1) is 9.16. The van der Waals surface area contributed by atoms with Gasteiger partial charge in [-0.15, -0.1) is 5.10 Å². The molecule has 0 aliphatic heterocycles. The smallest absolute Gasteiger partial charge is 0.120 e. The molecule has 6 nitrogen and oxygen atoms in total. The Morgan fingerprint density at radius 1 is 1.37 bits per heavy atom. The van der Waals surface area contributed by atoms with Gasteiger partial charge in [-0.25, -0.2) is 0 Å². The number of benzene rings is 1. The van der Waals surface area contributed by atoms with Gasteiger partial charge in [-0.05, 0) is 38.1 Å². The van der Waals surface area contributed by atoms with E-state index in [0.717, 1.165) is 19.5 Å². The standard InChI is InChI=1S/C13H18N4O2/c1-10(12-9-11(18)3-4-13(12)19)14-5-2-7-17-8-6-15-16-17/h3-4,6,8-10,14,18-19H,2,5,7H2,1H3. The van der Waals surface area contributed by atoms with E-state index in [1.54, 1.807) is 16.9 Å². The number of rotatable bonds is 6. The third-order valence-electron chi connectivity index (χ3n) is 2.96. The van der Waals surface area contributed by atoms with Crippen LogP contribution in [0.15, 0.2) is 30.6 Å². The molecule has 1 aromatic carbocycles. The molecular weight excluding hydrogens is 244 g/mol. The van der Waals surface area contributed by atoms with Crippen LogP contribution in [0.3, 0.4) is 0 Å². The molecule has 0 amide bonds. The lowest BCUT2D eigenvalue weighted by atomic mass is 10.1. The van der Waals surface area contributed by atoms with Crippen molar-refractivity contribution in [1.82, 2.24) is 20.3 Å². The molecule has 1 aromatic heterocycles. The Bertz CT molecular complexity index is 513. The van der Waals surface area contributed by atoms with Crippen LogP contribution in [-0.4, -0.2) is 31.8 Å². The SMILES string of the molecule is CC(NCCCn1ccnn1)c1cc(O)ccc1O. The molecule has 1 unspecified atom stereocenters. The molecule has 0 aliphatic carbocycles. The van der Waals surface area contributed by atoms with Gasteiger partial charge in [0.15, 0.2) is 0 Å². The number of phenolic OH excluding ortho intramolecular Hbond substituents is 2. The molecule has 0 saturated carbocycles. The van der Waals surface area contributed by atoms with Crippen molar-refractivity contribution in [2.45, 2.75) is 25.9 Å². The normalized spacial score (nSPS) is 12.5. The summed E-state index contributed by atoms with van der Waals surface area (Å²) in [5.74, 6) is 0.346. The van der Waals surface area contributed by atoms with E-state index in [-0.39, 0.29) is 17.5 Å². The summed E-state index contributed by atoms with van der Waals surface area (Å²) in [6.07, 6.45) is 4.39. The van der Waals surface area contributed by atoms with Crippen LogP contribution >= 0.6 is 0 Å². The van der Waals surface area contributed by atoms with Crippen molar-refractivity contribution >= 4 is 0 Å². The maximum atomic E-state index is 9.74. The number of hydrogen-bond acceptors (Lipinski definition) is 5. The molecule has 0 fully saturated rings. The first kappa shape index (κ1) is 13.4. The molecule has 0 aliphatic rings. The minimum Gasteiger partial charge on any atom is -0.508 e. The molecule has 6 heteroatoms. The van der Waals surface area contributed by atoms with Crippen molar-refractivity contribution in [1.29, 1.82) is 0 Å². The first-order valence-electron chi connectivity index (χ1n) is 6.26. The Balaban J connectivity index is 1.80. The molecule has 102 valence electrons. The number of phenols is 2. The lowest BCUT2D eigenvalue weighted by Gasteiger charge is -2.15. The van der Waals surface area contributed by atoms with Crippen LogP contribution in [0.1, 0.15) is 24.9 Å². The van der Waals surface area contributed by atoms with Gasteiger partial charge in [0.05, 0.1) is 6.20 Å². The summed E-state index contributed by atoms with van der Waals surface area (Å²) in [6, 6.07) is 4.52. The van der Waals surface area contributed by atoms with Crippen LogP contribution in [0.5, 0.6) is 11.5 Å². The molecule has 2 rings (SSSR count). The molecule has 0 spiro atoms. The Morgan fingerprint density at radius 3 is 2.95 bits per heavy atom. The average molecular weight is 262 g/mol. The average Bonchev–Trinajstić information content (AvgIpc) is 2.90. The summed E-state index contributed by atoms with van der Waals surface area (Å²) in [7, 11) is 0. The molecule has 1 atom stereocenters. The summed E-state index contributed by atoms with van der Waals surface area (Å²) in [6.45, 7) is 3.53. The van der Waals surface area contributed by atoms with Crippen LogP contribution in [0.4, 0.5) is 0 Å². The monoisotopic (exact) mass is 262 g/mol. The van der Waals surface area contributed by atoms with E-state index >= 15 is 0 Å². The second-order valence-electron chi connectivity index (χ2n) is 4.44. The number of hydrogen-bond donors (Lipinski definition) is 3. The van der Waals surface area contributed by atoms with Gasteiger partial charge in [-0.3, -0.25) is 4.68 Å². The quantitative estimate of drug-likeness (QED) is 0.542. The highest BCUT2D eigenvalue weighted by Crippen LogP contribution is 2.27. The summed E-state index contributed by atoms with van der Waals surface area (Å²) in [5.41, 5.74) is 0.695. The van der Waals surface area contributed by atoms with Crippen molar-refractivity contribution in [3.63, 3.8) is 0 Å². The zero-order valence-corrected chi connectivity index (χ0v) is 10.8. The number of nitrogens with one attached hydrogen (secondary N) is 1. The molecule has 0 saturated heterocycles. The van der Waals surface area contributed by atoms with Gasteiger partial charge < -0.3 is 15.5 Å². The lowest BCUT2D eigenvalue weighted by Crippen LogP contribution is -2.21. The van der Waals surface area contributed by atoms with Crippen molar-refractivity contribution in [3.05, 3.63) is 36.2 Å². The second-order valence-corrected chi connectivity index (χ2v) is 4.44. The predicted molar refractivity (Wildman–Crippen MR) is 70.8 cm³/mol. The first-order valence-corrected chi connectivity index (χ1v) is 6.26. The summed E-state index contributed by atoms with van der Waals surface area (Å²) in [4.78, 5) is 0. The van der Waals surface area contributed by atoms with Crippen LogP contribution in [0.25, 0.3) is 0 Å². The van der Waals surface area contributed by atoms with Crippen LogP contribution in [0, 0.1) is 0 Å². The van der Waals surface area contributed by atoms with Crippen LogP contribution in [0.2, 0.25) is 0 Å². The maximum Gasteiger partial charge on any atom is 0.120 e. The summed E-state index contributed by atoms with van der Waals surface area (Å²) < 4.78 is 1.78.